The molecule has 0 aliphatic rings. The topological polar surface area (TPSA) is 53.7 Å². The van der Waals surface area contributed by atoms with Crippen molar-refractivity contribution in [3.05, 3.63) is 28.8 Å². The molecule has 1 heterocycles. The zero-order chi connectivity index (χ0) is 16.1. The number of rotatable bonds is 6. The molecule has 0 aliphatic heterocycles. The van der Waals surface area contributed by atoms with E-state index in [1.54, 1.807) is 0 Å². The van der Waals surface area contributed by atoms with Crippen LogP contribution >= 0.6 is 11.3 Å². The van der Waals surface area contributed by atoms with Crippen molar-refractivity contribution in [2.75, 3.05) is 18.0 Å². The van der Waals surface area contributed by atoms with Gasteiger partial charge in [0.2, 0.25) is 0 Å². The Kier molecular flexibility index (Phi) is 5.60. The summed E-state index contributed by atoms with van der Waals surface area (Å²) < 4.78 is 0. The van der Waals surface area contributed by atoms with Crippen LogP contribution in [0.25, 0.3) is 0 Å². The van der Waals surface area contributed by atoms with E-state index in [0.717, 1.165) is 29.3 Å². The molecule has 0 fully saturated rings. The Bertz CT molecular complexity index is 644. The second-order valence-corrected chi connectivity index (χ2v) is 6.41. The van der Waals surface area contributed by atoms with Gasteiger partial charge in [-0.15, -0.1) is 20.4 Å². The zero-order valence-electron chi connectivity index (χ0n) is 13.9. The summed E-state index contributed by atoms with van der Waals surface area (Å²) >= 11 is 1.49. The van der Waals surface area contributed by atoms with E-state index in [1.165, 1.54) is 17.0 Å². The number of nitrogens with zero attached hydrogens (tertiary/aromatic N) is 5. The lowest BCUT2D eigenvalue weighted by Crippen LogP contribution is -2.21. The number of benzene rings is 1. The minimum Gasteiger partial charge on any atom is -0.372 e. The molecule has 0 spiro atoms. The van der Waals surface area contributed by atoms with Crippen LogP contribution in [-0.2, 0) is 0 Å². The smallest absolute Gasteiger partial charge is 0.251 e. The summed E-state index contributed by atoms with van der Waals surface area (Å²) in [6, 6.07) is 6.26. The summed E-state index contributed by atoms with van der Waals surface area (Å²) in [4.78, 5) is 2.31. The summed E-state index contributed by atoms with van der Waals surface area (Å²) in [6.45, 7) is 12.6. The maximum absolute atomic E-state index is 4.32. The third-order valence-corrected chi connectivity index (χ3v) is 4.58. The van der Waals surface area contributed by atoms with Gasteiger partial charge >= 0.3 is 0 Å². The fourth-order valence-electron chi connectivity index (χ4n) is 2.13. The van der Waals surface area contributed by atoms with Gasteiger partial charge in [0.15, 0.2) is 0 Å². The van der Waals surface area contributed by atoms with Gasteiger partial charge in [-0.05, 0) is 44.5 Å². The maximum atomic E-state index is 4.32. The van der Waals surface area contributed by atoms with Crippen LogP contribution in [0.2, 0.25) is 0 Å². The van der Waals surface area contributed by atoms with E-state index in [0.29, 0.717) is 11.0 Å². The molecular formula is C16H23N5S. The number of azo groups is 1. The van der Waals surface area contributed by atoms with Gasteiger partial charge < -0.3 is 4.90 Å². The van der Waals surface area contributed by atoms with Crippen molar-refractivity contribution in [1.29, 1.82) is 0 Å². The predicted octanol–water partition coefficient (Wildman–Crippen LogP) is 5.23. The van der Waals surface area contributed by atoms with Crippen LogP contribution in [0.3, 0.4) is 0 Å². The summed E-state index contributed by atoms with van der Waals surface area (Å²) in [5.74, 6) is 0.372. The third-order valence-electron chi connectivity index (χ3n) is 3.48. The number of aryl methyl sites for hydroxylation is 1. The molecule has 6 heteroatoms. The van der Waals surface area contributed by atoms with Crippen molar-refractivity contribution in [3.8, 4) is 0 Å². The molecule has 0 aliphatic carbocycles. The number of hydrogen-bond acceptors (Lipinski definition) is 6. The van der Waals surface area contributed by atoms with E-state index in [9.17, 15) is 0 Å². The lowest BCUT2D eigenvalue weighted by atomic mass is 10.1. The molecule has 2 rings (SSSR count). The molecule has 5 nitrogen and oxygen atoms in total. The van der Waals surface area contributed by atoms with Crippen molar-refractivity contribution >= 4 is 27.8 Å². The normalized spacial score (nSPS) is 11.5. The maximum Gasteiger partial charge on any atom is 0.251 e. The summed E-state index contributed by atoms with van der Waals surface area (Å²) in [5.41, 5.74) is 3.21. The molecule has 0 saturated heterocycles. The van der Waals surface area contributed by atoms with E-state index in [-0.39, 0.29) is 0 Å². The Morgan fingerprint density at radius 1 is 1.14 bits per heavy atom. The van der Waals surface area contributed by atoms with Crippen LogP contribution in [0, 0.1) is 6.92 Å². The lowest BCUT2D eigenvalue weighted by molar-refractivity contribution is 0.824. The number of hydrogen-bond donors (Lipinski definition) is 0. The highest BCUT2D eigenvalue weighted by Gasteiger charge is 2.08. The molecular weight excluding hydrogens is 294 g/mol. The molecule has 1 aromatic carbocycles. The second-order valence-electron chi connectivity index (χ2n) is 5.42. The number of anilines is 1. The second kappa shape index (κ2) is 7.45. The highest BCUT2D eigenvalue weighted by Crippen LogP contribution is 2.29. The van der Waals surface area contributed by atoms with Crippen molar-refractivity contribution < 1.29 is 0 Å². The molecule has 2 aromatic rings. The van der Waals surface area contributed by atoms with Crippen LogP contribution in [0.1, 0.15) is 44.2 Å². The molecule has 0 N–H and O–H groups in total. The monoisotopic (exact) mass is 317 g/mol. The zero-order valence-corrected chi connectivity index (χ0v) is 14.7. The molecule has 0 atom stereocenters. The average molecular weight is 317 g/mol. The summed E-state index contributed by atoms with van der Waals surface area (Å²) in [7, 11) is 0. The quantitative estimate of drug-likeness (QED) is 0.685. The van der Waals surface area contributed by atoms with Crippen molar-refractivity contribution in [1.82, 2.24) is 10.2 Å². The van der Waals surface area contributed by atoms with E-state index in [4.69, 9.17) is 0 Å². The molecule has 0 radical (unpaired) electrons. The van der Waals surface area contributed by atoms with Gasteiger partial charge in [-0.2, -0.15) is 0 Å². The minimum absolute atomic E-state index is 0.372. The van der Waals surface area contributed by atoms with E-state index in [1.807, 2.05) is 6.07 Å². The Morgan fingerprint density at radius 3 is 2.41 bits per heavy atom. The predicted molar refractivity (Wildman–Crippen MR) is 92.9 cm³/mol. The highest BCUT2D eigenvalue weighted by molar-refractivity contribution is 7.15. The van der Waals surface area contributed by atoms with Crippen molar-refractivity contribution in [2.45, 2.75) is 40.5 Å². The molecule has 22 heavy (non-hydrogen) atoms. The van der Waals surface area contributed by atoms with Crippen LogP contribution in [0.4, 0.5) is 16.5 Å². The Labute approximate surface area is 136 Å². The first-order chi connectivity index (χ1) is 10.5. The molecule has 0 saturated carbocycles. The fourth-order valence-corrected chi connectivity index (χ4v) is 2.80. The van der Waals surface area contributed by atoms with Crippen molar-refractivity contribution in [2.24, 2.45) is 10.2 Å². The molecule has 0 bridgehead atoms. The van der Waals surface area contributed by atoms with E-state index >= 15 is 0 Å². The molecule has 118 valence electrons. The van der Waals surface area contributed by atoms with Gasteiger partial charge in [-0.3, -0.25) is 0 Å². The van der Waals surface area contributed by atoms with Gasteiger partial charge in [0, 0.05) is 24.7 Å². The minimum atomic E-state index is 0.372. The van der Waals surface area contributed by atoms with Crippen molar-refractivity contribution in [3.63, 3.8) is 0 Å². The third kappa shape index (κ3) is 3.88. The standard InChI is InChI=1S/C16H23N5S/c1-6-21(7-2)13-8-9-14(12(5)10-13)17-19-16-20-18-15(22-16)11(3)4/h8-11H,6-7H2,1-5H3. The molecule has 0 unspecified atom stereocenters. The average Bonchev–Trinajstić information content (AvgIpc) is 2.97. The van der Waals surface area contributed by atoms with Gasteiger partial charge in [0.25, 0.3) is 5.13 Å². The van der Waals surface area contributed by atoms with Gasteiger partial charge in [-0.1, -0.05) is 25.2 Å². The van der Waals surface area contributed by atoms with Gasteiger partial charge in [0.1, 0.15) is 5.01 Å². The van der Waals surface area contributed by atoms with E-state index in [2.05, 4.69) is 72.1 Å². The fraction of sp³-hybridized carbons (Fsp3) is 0.500. The Hall–Kier alpha value is -1.82. The summed E-state index contributed by atoms with van der Waals surface area (Å²) in [5, 5.41) is 18.3. The number of aromatic nitrogens is 2. The first kappa shape index (κ1) is 16.5. The Morgan fingerprint density at radius 2 is 1.86 bits per heavy atom. The van der Waals surface area contributed by atoms with Crippen LogP contribution < -0.4 is 4.90 Å². The van der Waals surface area contributed by atoms with Gasteiger partial charge in [-0.25, -0.2) is 0 Å². The molecule has 0 amide bonds. The first-order valence-corrected chi connectivity index (χ1v) is 8.47. The highest BCUT2D eigenvalue weighted by atomic mass is 32.1. The SMILES string of the molecule is CCN(CC)c1ccc(N=Nc2nnc(C(C)C)s2)c(C)c1. The Balaban J connectivity index is 2.17. The van der Waals surface area contributed by atoms with Crippen LogP contribution in [0.15, 0.2) is 28.4 Å². The lowest BCUT2D eigenvalue weighted by Gasteiger charge is -2.21. The molecule has 1 aromatic heterocycles. The van der Waals surface area contributed by atoms with Gasteiger partial charge in [0.05, 0.1) is 5.69 Å². The van der Waals surface area contributed by atoms with Crippen LogP contribution in [-0.4, -0.2) is 23.3 Å². The summed E-state index contributed by atoms with van der Waals surface area (Å²) in [6.07, 6.45) is 0. The van der Waals surface area contributed by atoms with E-state index < -0.39 is 0 Å². The van der Waals surface area contributed by atoms with Crippen LogP contribution in [0.5, 0.6) is 0 Å². The first-order valence-electron chi connectivity index (χ1n) is 7.65. The largest absolute Gasteiger partial charge is 0.372 e.